The van der Waals surface area contributed by atoms with E-state index in [0.29, 0.717) is 17.1 Å². The standard InChI is InChI=1S/C21H26N2O2S/c1-14-9-10-16(21(3,4)5)11-19(14)26-13-20(25)23-18-8-6-7-17(12-18)22-15(2)24/h6-12H,13H2,1-5H3,(H,22,24)(H,23,25). The van der Waals surface area contributed by atoms with Gasteiger partial charge >= 0.3 is 0 Å². The summed E-state index contributed by atoms with van der Waals surface area (Å²) in [7, 11) is 0. The Morgan fingerprint density at radius 1 is 1.00 bits per heavy atom. The van der Waals surface area contributed by atoms with Crippen molar-refractivity contribution in [2.45, 2.75) is 44.9 Å². The monoisotopic (exact) mass is 370 g/mol. The normalized spacial score (nSPS) is 11.1. The lowest BCUT2D eigenvalue weighted by Gasteiger charge is -2.20. The minimum absolute atomic E-state index is 0.0736. The smallest absolute Gasteiger partial charge is 0.234 e. The fourth-order valence-electron chi connectivity index (χ4n) is 2.44. The highest BCUT2D eigenvalue weighted by Gasteiger charge is 2.15. The number of carbonyl (C=O) groups is 2. The van der Waals surface area contributed by atoms with Crippen LogP contribution in [0.4, 0.5) is 11.4 Å². The third-order valence-electron chi connectivity index (χ3n) is 3.88. The number of hydrogen-bond acceptors (Lipinski definition) is 3. The molecule has 0 fully saturated rings. The third kappa shape index (κ3) is 5.92. The van der Waals surface area contributed by atoms with Gasteiger partial charge in [-0.3, -0.25) is 9.59 Å². The summed E-state index contributed by atoms with van der Waals surface area (Å²) in [5.41, 5.74) is 3.84. The van der Waals surface area contributed by atoms with Crippen LogP contribution in [-0.4, -0.2) is 17.6 Å². The summed E-state index contributed by atoms with van der Waals surface area (Å²) < 4.78 is 0. The van der Waals surface area contributed by atoms with Crippen molar-refractivity contribution in [3.05, 3.63) is 53.6 Å². The Balaban J connectivity index is 2.00. The molecule has 2 aromatic rings. The lowest BCUT2D eigenvalue weighted by molar-refractivity contribution is -0.114. The predicted molar refractivity (Wildman–Crippen MR) is 110 cm³/mol. The summed E-state index contributed by atoms with van der Waals surface area (Å²) in [6.45, 7) is 10.1. The molecule has 0 radical (unpaired) electrons. The maximum atomic E-state index is 12.3. The number of amides is 2. The topological polar surface area (TPSA) is 58.2 Å². The van der Waals surface area contributed by atoms with Crippen molar-refractivity contribution < 1.29 is 9.59 Å². The summed E-state index contributed by atoms with van der Waals surface area (Å²) in [5.74, 6) is 0.118. The van der Waals surface area contributed by atoms with Gasteiger partial charge in [0.15, 0.2) is 0 Å². The average Bonchev–Trinajstić information content (AvgIpc) is 2.52. The summed E-state index contributed by atoms with van der Waals surface area (Å²) in [5, 5.41) is 5.59. The number of hydrogen-bond donors (Lipinski definition) is 2. The number of anilines is 2. The first-order valence-electron chi connectivity index (χ1n) is 8.56. The van der Waals surface area contributed by atoms with Gasteiger partial charge in [-0.05, 0) is 47.7 Å². The lowest BCUT2D eigenvalue weighted by Crippen LogP contribution is -2.15. The van der Waals surface area contributed by atoms with Gasteiger partial charge in [-0.2, -0.15) is 0 Å². The SMILES string of the molecule is CC(=O)Nc1cccc(NC(=O)CSc2cc(C(C)(C)C)ccc2C)c1. The van der Waals surface area contributed by atoms with E-state index in [2.05, 4.69) is 56.5 Å². The van der Waals surface area contributed by atoms with E-state index in [0.717, 1.165) is 4.90 Å². The van der Waals surface area contributed by atoms with Gasteiger partial charge in [0.05, 0.1) is 5.75 Å². The summed E-state index contributed by atoms with van der Waals surface area (Å²) in [6, 6.07) is 13.6. The van der Waals surface area contributed by atoms with Gasteiger partial charge in [0.1, 0.15) is 0 Å². The molecule has 2 rings (SSSR count). The van der Waals surface area contributed by atoms with E-state index in [9.17, 15) is 9.59 Å². The zero-order valence-electron chi connectivity index (χ0n) is 16.0. The molecule has 138 valence electrons. The first-order valence-corrected chi connectivity index (χ1v) is 9.55. The Labute approximate surface area is 159 Å². The number of rotatable bonds is 5. The zero-order valence-corrected chi connectivity index (χ0v) is 16.8. The second-order valence-electron chi connectivity index (χ2n) is 7.33. The van der Waals surface area contributed by atoms with Crippen LogP contribution in [-0.2, 0) is 15.0 Å². The molecule has 2 N–H and O–H groups in total. The van der Waals surface area contributed by atoms with Gasteiger partial charge in [0.2, 0.25) is 11.8 Å². The minimum Gasteiger partial charge on any atom is -0.326 e. The molecule has 0 bridgehead atoms. The van der Waals surface area contributed by atoms with E-state index in [-0.39, 0.29) is 17.2 Å². The molecule has 0 aromatic heterocycles. The largest absolute Gasteiger partial charge is 0.326 e. The van der Waals surface area contributed by atoms with Crippen molar-refractivity contribution >= 4 is 35.0 Å². The summed E-state index contributed by atoms with van der Waals surface area (Å²) in [6.07, 6.45) is 0. The molecule has 0 aliphatic heterocycles. The molecule has 26 heavy (non-hydrogen) atoms. The molecule has 0 spiro atoms. The highest BCUT2D eigenvalue weighted by atomic mass is 32.2. The lowest BCUT2D eigenvalue weighted by atomic mass is 9.87. The van der Waals surface area contributed by atoms with Crippen LogP contribution in [0.5, 0.6) is 0 Å². The fourth-order valence-corrected chi connectivity index (χ4v) is 3.31. The van der Waals surface area contributed by atoms with Crippen molar-refractivity contribution in [1.82, 2.24) is 0 Å². The first kappa shape index (κ1) is 20.0. The van der Waals surface area contributed by atoms with Crippen molar-refractivity contribution in [2.75, 3.05) is 16.4 Å². The van der Waals surface area contributed by atoms with Crippen LogP contribution in [0, 0.1) is 6.92 Å². The molecule has 0 heterocycles. The summed E-state index contributed by atoms with van der Waals surface area (Å²) >= 11 is 1.54. The molecule has 2 aromatic carbocycles. The van der Waals surface area contributed by atoms with Gasteiger partial charge < -0.3 is 10.6 Å². The fraction of sp³-hybridized carbons (Fsp3) is 0.333. The quantitative estimate of drug-likeness (QED) is 0.730. The Morgan fingerprint density at radius 2 is 1.65 bits per heavy atom. The van der Waals surface area contributed by atoms with Gasteiger partial charge in [0.25, 0.3) is 0 Å². The van der Waals surface area contributed by atoms with E-state index in [1.165, 1.54) is 29.8 Å². The highest BCUT2D eigenvalue weighted by Crippen LogP contribution is 2.29. The van der Waals surface area contributed by atoms with Gasteiger partial charge in [-0.25, -0.2) is 0 Å². The van der Waals surface area contributed by atoms with Crippen molar-refractivity contribution in [3.8, 4) is 0 Å². The molecule has 0 aliphatic rings. The number of carbonyl (C=O) groups excluding carboxylic acids is 2. The van der Waals surface area contributed by atoms with E-state index in [1.54, 1.807) is 24.3 Å². The number of nitrogens with one attached hydrogen (secondary N) is 2. The highest BCUT2D eigenvalue weighted by molar-refractivity contribution is 8.00. The number of aryl methyl sites for hydroxylation is 1. The van der Waals surface area contributed by atoms with Crippen LogP contribution in [0.15, 0.2) is 47.4 Å². The van der Waals surface area contributed by atoms with Crippen molar-refractivity contribution in [2.24, 2.45) is 0 Å². The second kappa shape index (κ2) is 8.41. The van der Waals surface area contributed by atoms with Crippen molar-refractivity contribution in [1.29, 1.82) is 0 Å². The molecule has 0 saturated heterocycles. The Morgan fingerprint density at radius 3 is 2.27 bits per heavy atom. The number of thioether (sulfide) groups is 1. The van der Waals surface area contributed by atoms with Gasteiger partial charge in [-0.1, -0.05) is 39.0 Å². The van der Waals surface area contributed by atoms with E-state index in [1.807, 2.05) is 0 Å². The maximum Gasteiger partial charge on any atom is 0.234 e. The van der Waals surface area contributed by atoms with Crippen LogP contribution in [0.1, 0.15) is 38.8 Å². The Hall–Kier alpha value is -2.27. The first-order chi connectivity index (χ1) is 12.1. The van der Waals surface area contributed by atoms with Crippen LogP contribution in [0.3, 0.4) is 0 Å². The van der Waals surface area contributed by atoms with E-state index >= 15 is 0 Å². The van der Waals surface area contributed by atoms with Crippen LogP contribution < -0.4 is 10.6 Å². The van der Waals surface area contributed by atoms with Crippen LogP contribution >= 0.6 is 11.8 Å². The molecule has 2 amide bonds. The molecule has 0 unspecified atom stereocenters. The minimum atomic E-state index is -0.141. The Kier molecular flexibility index (Phi) is 6.48. The molecule has 0 aliphatic carbocycles. The molecule has 4 nitrogen and oxygen atoms in total. The molecular formula is C21H26N2O2S. The van der Waals surface area contributed by atoms with Crippen LogP contribution in [0.25, 0.3) is 0 Å². The molecule has 5 heteroatoms. The van der Waals surface area contributed by atoms with E-state index < -0.39 is 0 Å². The van der Waals surface area contributed by atoms with Crippen molar-refractivity contribution in [3.63, 3.8) is 0 Å². The molecule has 0 atom stereocenters. The maximum absolute atomic E-state index is 12.3. The molecule has 0 saturated carbocycles. The van der Waals surface area contributed by atoms with Gasteiger partial charge in [0, 0.05) is 23.2 Å². The zero-order chi connectivity index (χ0) is 19.3. The molecular weight excluding hydrogens is 344 g/mol. The summed E-state index contributed by atoms with van der Waals surface area (Å²) in [4.78, 5) is 24.6. The third-order valence-corrected chi connectivity index (χ3v) is 5.04. The second-order valence-corrected chi connectivity index (χ2v) is 8.35. The Bertz CT molecular complexity index is 810. The number of benzene rings is 2. The van der Waals surface area contributed by atoms with Gasteiger partial charge in [-0.15, -0.1) is 11.8 Å². The average molecular weight is 371 g/mol. The van der Waals surface area contributed by atoms with Crippen LogP contribution in [0.2, 0.25) is 0 Å². The van der Waals surface area contributed by atoms with E-state index in [4.69, 9.17) is 0 Å². The predicted octanol–water partition coefficient (Wildman–Crippen LogP) is 4.98.